The summed E-state index contributed by atoms with van der Waals surface area (Å²) in [6.07, 6.45) is 1.41. The lowest BCUT2D eigenvalue weighted by molar-refractivity contribution is 0.242. The monoisotopic (exact) mass is 254 g/mol. The van der Waals surface area contributed by atoms with Crippen molar-refractivity contribution >= 4 is 0 Å². The minimum atomic E-state index is -0.106. The molecule has 0 spiro atoms. The summed E-state index contributed by atoms with van der Waals surface area (Å²) in [7, 11) is 0. The van der Waals surface area contributed by atoms with Crippen molar-refractivity contribution in [3.63, 3.8) is 0 Å². The summed E-state index contributed by atoms with van der Waals surface area (Å²) in [6.45, 7) is 3.93. The molecule has 19 heavy (non-hydrogen) atoms. The number of nitriles is 1. The van der Waals surface area contributed by atoms with Crippen LogP contribution in [0.2, 0.25) is 0 Å². The first-order valence-electron chi connectivity index (χ1n) is 5.96. The Bertz CT molecular complexity index is 613. The maximum absolute atomic E-state index is 9.42. The van der Waals surface area contributed by atoms with Gasteiger partial charge in [0.15, 0.2) is 5.75 Å². The first-order valence-corrected chi connectivity index (χ1v) is 5.96. The van der Waals surface area contributed by atoms with E-state index in [4.69, 9.17) is 10.00 Å². The van der Waals surface area contributed by atoms with E-state index in [1.807, 2.05) is 44.2 Å². The van der Waals surface area contributed by atoms with Crippen molar-refractivity contribution in [1.29, 1.82) is 5.26 Å². The molecule has 0 amide bonds. The Labute approximate surface area is 111 Å². The van der Waals surface area contributed by atoms with E-state index in [1.165, 1.54) is 6.20 Å². The van der Waals surface area contributed by atoms with Crippen LogP contribution in [0.4, 0.5) is 0 Å². The zero-order chi connectivity index (χ0) is 13.8. The maximum atomic E-state index is 9.42. The number of hydrogen-bond donors (Lipinski definition) is 1. The predicted molar refractivity (Wildman–Crippen MR) is 71.8 cm³/mol. The average molecular weight is 254 g/mol. The van der Waals surface area contributed by atoms with Crippen molar-refractivity contribution in [2.24, 2.45) is 0 Å². The Morgan fingerprint density at radius 1 is 1.26 bits per heavy atom. The van der Waals surface area contributed by atoms with E-state index >= 15 is 0 Å². The van der Waals surface area contributed by atoms with E-state index in [9.17, 15) is 5.11 Å². The van der Waals surface area contributed by atoms with Gasteiger partial charge in [0.2, 0.25) is 0 Å². The summed E-state index contributed by atoms with van der Waals surface area (Å²) in [5, 5.41) is 18.3. The summed E-state index contributed by atoms with van der Waals surface area (Å²) in [4.78, 5) is 4.11. The number of benzene rings is 1. The highest BCUT2D eigenvalue weighted by Gasteiger charge is 2.06. The SMILES string of the molecule is CC(C)Oc1ccc(-c2cc(C#N)c(O)cn2)cc1. The van der Waals surface area contributed by atoms with Gasteiger partial charge in [-0.15, -0.1) is 0 Å². The van der Waals surface area contributed by atoms with E-state index in [0.717, 1.165) is 11.3 Å². The highest BCUT2D eigenvalue weighted by atomic mass is 16.5. The van der Waals surface area contributed by atoms with E-state index in [2.05, 4.69) is 4.98 Å². The Kier molecular flexibility index (Phi) is 3.67. The second kappa shape index (κ2) is 5.40. The van der Waals surface area contributed by atoms with Gasteiger partial charge in [-0.2, -0.15) is 5.26 Å². The van der Waals surface area contributed by atoms with Crippen LogP contribution >= 0.6 is 0 Å². The van der Waals surface area contributed by atoms with Crippen LogP contribution in [0.1, 0.15) is 19.4 Å². The third-order valence-corrected chi connectivity index (χ3v) is 2.53. The highest BCUT2D eigenvalue weighted by molar-refractivity contribution is 5.63. The molecule has 0 bridgehead atoms. The third-order valence-electron chi connectivity index (χ3n) is 2.53. The predicted octanol–water partition coefficient (Wildman–Crippen LogP) is 3.11. The van der Waals surface area contributed by atoms with Crippen LogP contribution in [0.5, 0.6) is 11.5 Å². The van der Waals surface area contributed by atoms with Crippen molar-refractivity contribution in [2.75, 3.05) is 0 Å². The van der Waals surface area contributed by atoms with Gasteiger partial charge in [-0.25, -0.2) is 0 Å². The molecule has 1 aromatic carbocycles. The van der Waals surface area contributed by atoms with Crippen LogP contribution in [-0.2, 0) is 0 Å². The second-order valence-corrected chi connectivity index (χ2v) is 4.39. The van der Waals surface area contributed by atoms with Gasteiger partial charge in [0.05, 0.1) is 23.6 Å². The van der Waals surface area contributed by atoms with E-state index in [0.29, 0.717) is 5.69 Å². The standard InChI is InChI=1S/C15H14N2O2/c1-10(2)19-13-5-3-11(4-6-13)14-7-12(8-16)15(18)9-17-14/h3-7,9-10,18H,1-2H3. The number of aromatic nitrogens is 1. The van der Waals surface area contributed by atoms with E-state index < -0.39 is 0 Å². The number of ether oxygens (including phenoxy) is 1. The van der Waals surface area contributed by atoms with E-state index in [1.54, 1.807) is 6.07 Å². The molecule has 1 aromatic heterocycles. The van der Waals surface area contributed by atoms with Crippen LogP contribution < -0.4 is 4.74 Å². The lowest BCUT2D eigenvalue weighted by atomic mass is 10.1. The molecule has 0 radical (unpaired) electrons. The van der Waals surface area contributed by atoms with Gasteiger partial charge < -0.3 is 9.84 Å². The van der Waals surface area contributed by atoms with Crippen LogP contribution in [0, 0.1) is 11.3 Å². The molecule has 1 N–H and O–H groups in total. The quantitative estimate of drug-likeness (QED) is 0.913. The average Bonchev–Trinajstić information content (AvgIpc) is 2.40. The normalized spacial score (nSPS) is 10.2. The van der Waals surface area contributed by atoms with Crippen LogP contribution in [0.15, 0.2) is 36.5 Å². The van der Waals surface area contributed by atoms with Gasteiger partial charge in [-0.3, -0.25) is 4.98 Å². The number of aromatic hydroxyl groups is 1. The molecule has 4 heteroatoms. The van der Waals surface area contributed by atoms with Crippen LogP contribution in [-0.4, -0.2) is 16.2 Å². The van der Waals surface area contributed by atoms with Gasteiger partial charge in [0, 0.05) is 5.56 Å². The fourth-order valence-electron chi connectivity index (χ4n) is 1.67. The van der Waals surface area contributed by atoms with Crippen LogP contribution in [0.3, 0.4) is 0 Å². The number of rotatable bonds is 3. The topological polar surface area (TPSA) is 66.1 Å². The van der Waals surface area contributed by atoms with Crippen molar-refractivity contribution in [1.82, 2.24) is 4.98 Å². The molecular formula is C15H14N2O2. The van der Waals surface area contributed by atoms with Gasteiger partial charge in [0.25, 0.3) is 0 Å². The first-order chi connectivity index (χ1) is 9.10. The fourth-order valence-corrected chi connectivity index (χ4v) is 1.67. The molecule has 0 aliphatic carbocycles. The van der Waals surface area contributed by atoms with Crippen molar-refractivity contribution in [3.05, 3.63) is 42.1 Å². The molecule has 0 aliphatic rings. The summed E-state index contributed by atoms with van der Waals surface area (Å²) >= 11 is 0. The van der Waals surface area contributed by atoms with Crippen molar-refractivity contribution in [3.8, 4) is 28.8 Å². The zero-order valence-corrected chi connectivity index (χ0v) is 10.8. The Morgan fingerprint density at radius 3 is 2.53 bits per heavy atom. The molecule has 0 saturated carbocycles. The van der Waals surface area contributed by atoms with Gasteiger partial charge >= 0.3 is 0 Å². The first kappa shape index (κ1) is 12.9. The molecule has 0 atom stereocenters. The Hall–Kier alpha value is -2.54. The zero-order valence-electron chi connectivity index (χ0n) is 10.8. The third kappa shape index (κ3) is 3.02. The lowest BCUT2D eigenvalue weighted by Crippen LogP contribution is -2.05. The minimum absolute atomic E-state index is 0.106. The van der Waals surface area contributed by atoms with Crippen molar-refractivity contribution < 1.29 is 9.84 Å². The Balaban J connectivity index is 2.30. The number of pyridine rings is 1. The highest BCUT2D eigenvalue weighted by Crippen LogP contribution is 2.24. The fraction of sp³-hybridized carbons (Fsp3) is 0.200. The number of nitrogens with zero attached hydrogens (tertiary/aromatic N) is 2. The summed E-state index contributed by atoms with van der Waals surface area (Å²) in [5.41, 5.74) is 1.73. The Morgan fingerprint density at radius 2 is 1.95 bits per heavy atom. The molecular weight excluding hydrogens is 240 g/mol. The molecule has 1 heterocycles. The summed E-state index contributed by atoms with van der Waals surface area (Å²) in [5.74, 6) is 0.684. The molecule has 96 valence electrons. The van der Waals surface area contributed by atoms with E-state index in [-0.39, 0.29) is 17.4 Å². The maximum Gasteiger partial charge on any atom is 0.151 e. The molecule has 0 saturated heterocycles. The lowest BCUT2D eigenvalue weighted by Gasteiger charge is -2.10. The van der Waals surface area contributed by atoms with Gasteiger partial charge in [0.1, 0.15) is 11.8 Å². The molecule has 2 rings (SSSR count). The molecule has 2 aromatic rings. The largest absolute Gasteiger partial charge is 0.505 e. The van der Waals surface area contributed by atoms with Crippen LogP contribution in [0.25, 0.3) is 11.3 Å². The molecule has 0 aliphatic heterocycles. The molecule has 0 unspecified atom stereocenters. The number of hydrogen-bond acceptors (Lipinski definition) is 4. The summed E-state index contributed by atoms with van der Waals surface area (Å²) < 4.78 is 5.56. The molecule has 0 fully saturated rings. The van der Waals surface area contributed by atoms with Gasteiger partial charge in [-0.05, 0) is 44.2 Å². The van der Waals surface area contributed by atoms with Gasteiger partial charge in [-0.1, -0.05) is 0 Å². The second-order valence-electron chi connectivity index (χ2n) is 4.39. The minimum Gasteiger partial charge on any atom is -0.505 e. The van der Waals surface area contributed by atoms with Crippen molar-refractivity contribution in [2.45, 2.75) is 20.0 Å². The summed E-state index contributed by atoms with van der Waals surface area (Å²) in [6, 6.07) is 11.0. The smallest absolute Gasteiger partial charge is 0.151 e. The molecule has 4 nitrogen and oxygen atoms in total.